The predicted octanol–water partition coefficient (Wildman–Crippen LogP) is 2.70. The van der Waals surface area contributed by atoms with Gasteiger partial charge in [0.15, 0.2) is 0 Å². The van der Waals surface area contributed by atoms with Gasteiger partial charge in [0.25, 0.3) is 0 Å². The highest BCUT2D eigenvalue weighted by molar-refractivity contribution is 5.74. The van der Waals surface area contributed by atoms with Gasteiger partial charge < -0.3 is 20.1 Å². The molecule has 126 valence electrons. The van der Waals surface area contributed by atoms with E-state index in [0.29, 0.717) is 13.2 Å². The number of nitrogens with one attached hydrogen (secondary N) is 1. The van der Waals surface area contributed by atoms with Gasteiger partial charge in [-0.25, -0.2) is 4.79 Å². The average molecular weight is 318 g/mol. The van der Waals surface area contributed by atoms with Crippen molar-refractivity contribution in [3.63, 3.8) is 0 Å². The molecule has 0 saturated heterocycles. The molecule has 5 heteroatoms. The third-order valence-electron chi connectivity index (χ3n) is 4.96. The molecule has 2 amide bonds. The van der Waals surface area contributed by atoms with Gasteiger partial charge in [0.2, 0.25) is 0 Å². The highest BCUT2D eigenvalue weighted by Crippen LogP contribution is 2.31. The number of ether oxygens (including phenoxy) is 1. The second-order valence-corrected chi connectivity index (χ2v) is 6.67. The number of carbonyl (C=O) groups excluding carboxylic acids is 1. The first-order valence-corrected chi connectivity index (χ1v) is 8.56. The van der Waals surface area contributed by atoms with E-state index in [2.05, 4.69) is 5.32 Å². The zero-order valence-electron chi connectivity index (χ0n) is 13.7. The highest BCUT2D eigenvalue weighted by atomic mass is 16.5. The first kappa shape index (κ1) is 16.1. The van der Waals surface area contributed by atoms with Crippen molar-refractivity contribution in [1.29, 1.82) is 0 Å². The Labute approximate surface area is 137 Å². The second kappa shape index (κ2) is 7.21. The van der Waals surface area contributed by atoms with Gasteiger partial charge in [-0.1, -0.05) is 24.6 Å². The number of benzene rings is 1. The molecule has 23 heavy (non-hydrogen) atoms. The molecule has 2 N–H and O–H groups in total. The van der Waals surface area contributed by atoms with Crippen molar-refractivity contribution in [2.45, 2.75) is 44.2 Å². The molecule has 0 bridgehead atoms. The molecule has 2 aliphatic rings. The van der Waals surface area contributed by atoms with Crippen molar-refractivity contribution in [2.24, 2.45) is 5.92 Å². The Kier molecular flexibility index (Phi) is 5.06. The summed E-state index contributed by atoms with van der Waals surface area (Å²) in [6.45, 7) is 1.30. The quantitative estimate of drug-likeness (QED) is 0.901. The van der Waals surface area contributed by atoms with Gasteiger partial charge in [-0.15, -0.1) is 0 Å². The van der Waals surface area contributed by atoms with E-state index in [4.69, 9.17) is 4.74 Å². The molecule has 1 saturated carbocycles. The summed E-state index contributed by atoms with van der Waals surface area (Å²) in [6.07, 6.45) is 4.44. The normalized spacial score (nSPS) is 26.8. The first-order chi connectivity index (χ1) is 11.1. The van der Waals surface area contributed by atoms with E-state index in [-0.39, 0.29) is 24.1 Å². The summed E-state index contributed by atoms with van der Waals surface area (Å²) in [4.78, 5) is 14.2. The Hall–Kier alpha value is -1.75. The van der Waals surface area contributed by atoms with Crippen LogP contribution in [0.5, 0.6) is 5.75 Å². The summed E-state index contributed by atoms with van der Waals surface area (Å²) < 4.78 is 5.74. The van der Waals surface area contributed by atoms with Gasteiger partial charge in [-0.2, -0.15) is 0 Å². The molecule has 3 rings (SSSR count). The fourth-order valence-electron chi connectivity index (χ4n) is 3.60. The Morgan fingerprint density at radius 1 is 1.30 bits per heavy atom. The van der Waals surface area contributed by atoms with Gasteiger partial charge in [-0.05, 0) is 31.7 Å². The number of aliphatic hydroxyl groups is 1. The third kappa shape index (κ3) is 3.78. The number of carbonyl (C=O) groups is 1. The zero-order valence-corrected chi connectivity index (χ0v) is 13.7. The van der Waals surface area contributed by atoms with Crippen LogP contribution in [0.4, 0.5) is 4.79 Å². The molecule has 0 radical (unpaired) electrons. The molecule has 1 aromatic carbocycles. The lowest BCUT2D eigenvalue weighted by atomic mass is 10.0. The van der Waals surface area contributed by atoms with Crippen LogP contribution in [-0.2, 0) is 0 Å². The van der Waals surface area contributed by atoms with E-state index < -0.39 is 0 Å². The van der Waals surface area contributed by atoms with E-state index in [9.17, 15) is 9.90 Å². The van der Waals surface area contributed by atoms with E-state index in [1.165, 1.54) is 0 Å². The minimum absolute atomic E-state index is 0.0165. The Morgan fingerprint density at radius 3 is 2.91 bits per heavy atom. The number of hydrogen-bond donors (Lipinski definition) is 2. The fraction of sp³-hybridized carbons (Fsp3) is 0.611. The molecule has 3 unspecified atom stereocenters. The summed E-state index contributed by atoms with van der Waals surface area (Å²) in [5, 5.41) is 13.1. The predicted molar refractivity (Wildman–Crippen MR) is 88.4 cm³/mol. The van der Waals surface area contributed by atoms with Crippen molar-refractivity contribution in [1.82, 2.24) is 10.2 Å². The number of amides is 2. The molecule has 0 aromatic heterocycles. The minimum atomic E-state index is -0.266. The average Bonchev–Trinajstić information content (AvgIpc) is 2.84. The van der Waals surface area contributed by atoms with Crippen LogP contribution in [0.15, 0.2) is 24.3 Å². The summed E-state index contributed by atoms with van der Waals surface area (Å²) in [5.74, 6) is 1.07. The van der Waals surface area contributed by atoms with Gasteiger partial charge in [0.05, 0.1) is 18.8 Å². The lowest BCUT2D eigenvalue weighted by Crippen LogP contribution is -2.42. The van der Waals surface area contributed by atoms with Gasteiger partial charge in [-0.3, -0.25) is 0 Å². The van der Waals surface area contributed by atoms with E-state index in [0.717, 1.165) is 43.4 Å². The lowest BCUT2D eigenvalue weighted by Gasteiger charge is -2.26. The maximum Gasteiger partial charge on any atom is 0.317 e. The van der Waals surface area contributed by atoms with Crippen molar-refractivity contribution < 1.29 is 14.6 Å². The molecule has 1 heterocycles. The maximum absolute atomic E-state index is 12.5. The Bertz CT molecular complexity index is 549. The van der Waals surface area contributed by atoms with Crippen molar-refractivity contribution in [3.05, 3.63) is 29.8 Å². The van der Waals surface area contributed by atoms with E-state index in [1.54, 1.807) is 11.9 Å². The lowest BCUT2D eigenvalue weighted by molar-refractivity contribution is 0.113. The molecule has 1 aliphatic carbocycles. The zero-order chi connectivity index (χ0) is 16.2. The van der Waals surface area contributed by atoms with Crippen LogP contribution < -0.4 is 10.1 Å². The number of urea groups is 1. The molecular weight excluding hydrogens is 292 g/mol. The third-order valence-corrected chi connectivity index (χ3v) is 4.96. The van der Waals surface area contributed by atoms with Gasteiger partial charge in [0, 0.05) is 25.1 Å². The number of rotatable bonds is 3. The first-order valence-electron chi connectivity index (χ1n) is 8.56. The summed E-state index contributed by atoms with van der Waals surface area (Å²) in [6, 6.07) is 7.81. The summed E-state index contributed by atoms with van der Waals surface area (Å²) >= 11 is 0. The number of aliphatic hydroxyl groups excluding tert-OH is 1. The molecule has 0 spiro atoms. The Balaban J connectivity index is 1.63. The molecule has 1 aliphatic heterocycles. The van der Waals surface area contributed by atoms with Crippen LogP contribution in [0.25, 0.3) is 0 Å². The molecule has 1 aromatic rings. The van der Waals surface area contributed by atoms with Crippen molar-refractivity contribution in [2.75, 3.05) is 20.2 Å². The monoisotopic (exact) mass is 318 g/mol. The van der Waals surface area contributed by atoms with Crippen LogP contribution in [0.3, 0.4) is 0 Å². The van der Waals surface area contributed by atoms with Crippen LogP contribution in [0.1, 0.15) is 43.7 Å². The smallest absolute Gasteiger partial charge is 0.317 e. The Morgan fingerprint density at radius 2 is 2.13 bits per heavy atom. The summed E-state index contributed by atoms with van der Waals surface area (Å²) in [7, 11) is 1.81. The van der Waals surface area contributed by atoms with E-state index in [1.807, 2.05) is 24.3 Å². The standard InChI is InChI=1S/C18H26N2O3/c1-20(12-13-6-4-9-16(13)21)18(22)19-15-8-5-11-23-17-10-3-2-7-14(15)17/h2-3,7,10,13,15-16,21H,4-6,8-9,11-12H2,1H3,(H,19,22). The van der Waals surface area contributed by atoms with Crippen LogP contribution in [0, 0.1) is 5.92 Å². The fourth-order valence-corrected chi connectivity index (χ4v) is 3.60. The van der Waals surface area contributed by atoms with Crippen LogP contribution in [-0.4, -0.2) is 42.3 Å². The van der Waals surface area contributed by atoms with Crippen molar-refractivity contribution in [3.8, 4) is 5.75 Å². The number of para-hydroxylation sites is 1. The maximum atomic E-state index is 12.5. The van der Waals surface area contributed by atoms with Crippen molar-refractivity contribution >= 4 is 6.03 Å². The molecule has 5 nitrogen and oxygen atoms in total. The largest absolute Gasteiger partial charge is 0.493 e. The molecular formula is C18H26N2O3. The van der Waals surface area contributed by atoms with Gasteiger partial charge in [0.1, 0.15) is 5.75 Å². The summed E-state index contributed by atoms with van der Waals surface area (Å²) in [5.41, 5.74) is 1.05. The number of nitrogens with zero attached hydrogens (tertiary/aromatic N) is 1. The minimum Gasteiger partial charge on any atom is -0.493 e. The number of fused-ring (bicyclic) bond motifs is 1. The molecule has 3 atom stereocenters. The SMILES string of the molecule is CN(CC1CCCC1O)C(=O)NC1CCCOc2ccccc21. The highest BCUT2D eigenvalue weighted by Gasteiger charge is 2.28. The van der Waals surface area contributed by atoms with E-state index >= 15 is 0 Å². The van der Waals surface area contributed by atoms with Crippen LogP contribution in [0.2, 0.25) is 0 Å². The number of hydrogen-bond acceptors (Lipinski definition) is 3. The second-order valence-electron chi connectivity index (χ2n) is 6.67. The van der Waals surface area contributed by atoms with Crippen LogP contribution >= 0.6 is 0 Å². The van der Waals surface area contributed by atoms with Gasteiger partial charge >= 0.3 is 6.03 Å². The molecule has 1 fully saturated rings. The topological polar surface area (TPSA) is 61.8 Å².